The lowest BCUT2D eigenvalue weighted by Crippen LogP contribution is -2.48. The van der Waals surface area contributed by atoms with Gasteiger partial charge in [0.25, 0.3) is 0 Å². The molecule has 0 unspecified atom stereocenters. The van der Waals surface area contributed by atoms with Gasteiger partial charge in [0.1, 0.15) is 17.7 Å². The van der Waals surface area contributed by atoms with E-state index in [1.807, 2.05) is 71.9 Å². The fourth-order valence-electron chi connectivity index (χ4n) is 5.25. The fourth-order valence-corrected chi connectivity index (χ4v) is 5.25. The van der Waals surface area contributed by atoms with E-state index in [0.29, 0.717) is 5.76 Å². The second-order valence-corrected chi connectivity index (χ2v) is 12.1. The van der Waals surface area contributed by atoms with Gasteiger partial charge in [-0.3, -0.25) is 9.59 Å². The largest absolute Gasteiger partial charge is 0.391 e. The Morgan fingerprint density at radius 2 is 1.74 bits per heavy atom. The van der Waals surface area contributed by atoms with Crippen LogP contribution in [-0.2, 0) is 15.0 Å². The van der Waals surface area contributed by atoms with Crippen LogP contribution >= 0.6 is 0 Å². The molecule has 39 heavy (non-hydrogen) atoms. The normalized spacial score (nSPS) is 19.3. The molecule has 1 aromatic heterocycles. The second kappa shape index (κ2) is 11.3. The summed E-state index contributed by atoms with van der Waals surface area (Å²) in [5.74, 6) is -0.687. The Kier molecular flexibility index (Phi) is 8.31. The number of carbonyl (C=O) groups excluding carboxylic acids is 2. The molecule has 4 atom stereocenters. The van der Waals surface area contributed by atoms with Crippen molar-refractivity contribution in [2.24, 2.45) is 5.92 Å². The van der Waals surface area contributed by atoms with E-state index in [1.54, 1.807) is 0 Å². The Hall–Kier alpha value is -3.45. The number of hydrogen-bond acceptors (Lipinski definition) is 5. The summed E-state index contributed by atoms with van der Waals surface area (Å²) in [6.07, 6.45) is -0.564. The van der Waals surface area contributed by atoms with E-state index < -0.39 is 18.1 Å². The van der Waals surface area contributed by atoms with Crippen molar-refractivity contribution in [3.8, 4) is 11.1 Å². The Morgan fingerprint density at radius 1 is 1.08 bits per heavy atom. The number of benzene rings is 2. The van der Waals surface area contributed by atoms with Crippen molar-refractivity contribution in [2.75, 3.05) is 6.54 Å². The maximum absolute atomic E-state index is 13.8. The summed E-state index contributed by atoms with van der Waals surface area (Å²) in [6, 6.07) is 17.2. The summed E-state index contributed by atoms with van der Waals surface area (Å²) in [4.78, 5) is 28.8. The predicted molar refractivity (Wildman–Crippen MR) is 152 cm³/mol. The molecule has 1 fully saturated rings. The molecule has 2 N–H and O–H groups in total. The molecule has 1 aliphatic rings. The number of likely N-dealkylation sites (tertiary alicyclic amines) is 1. The number of aromatic nitrogens is 1. The minimum absolute atomic E-state index is 0.0783. The summed E-state index contributed by atoms with van der Waals surface area (Å²) in [6.45, 7) is 14.1. The topological polar surface area (TPSA) is 95.7 Å². The zero-order chi connectivity index (χ0) is 28.5. The second-order valence-electron chi connectivity index (χ2n) is 12.1. The monoisotopic (exact) mass is 531 g/mol. The molecule has 208 valence electrons. The molecule has 0 saturated carbocycles. The first-order chi connectivity index (χ1) is 18.4. The summed E-state index contributed by atoms with van der Waals surface area (Å²) >= 11 is 0. The smallest absolute Gasteiger partial charge is 0.243 e. The fraction of sp³-hybridized carbons (Fsp3) is 0.469. The van der Waals surface area contributed by atoms with Crippen LogP contribution in [0.5, 0.6) is 0 Å². The molecule has 2 heterocycles. The van der Waals surface area contributed by atoms with E-state index in [1.165, 1.54) is 16.0 Å². The van der Waals surface area contributed by atoms with Gasteiger partial charge in [-0.2, -0.15) is 0 Å². The first-order valence-electron chi connectivity index (χ1n) is 13.8. The maximum Gasteiger partial charge on any atom is 0.243 e. The van der Waals surface area contributed by atoms with E-state index >= 15 is 0 Å². The third kappa shape index (κ3) is 6.25. The molecule has 0 spiro atoms. The number of aliphatic hydroxyl groups excluding tert-OH is 1. The first kappa shape index (κ1) is 28.6. The lowest BCUT2D eigenvalue weighted by molar-refractivity contribution is -0.141. The molecule has 3 aromatic rings. The quantitative estimate of drug-likeness (QED) is 0.418. The lowest BCUT2D eigenvalue weighted by atomic mass is 9.88. The highest BCUT2D eigenvalue weighted by molar-refractivity contribution is 5.91. The van der Waals surface area contributed by atoms with Crippen LogP contribution in [0.15, 0.2) is 59.1 Å². The number of β-amino-alcohol motifs (C(OH)–C–C–N with tert-alkyl or cyclic N) is 1. The van der Waals surface area contributed by atoms with E-state index in [-0.39, 0.29) is 42.2 Å². The average Bonchev–Trinajstić information content (AvgIpc) is 3.51. The van der Waals surface area contributed by atoms with E-state index in [2.05, 4.69) is 41.7 Å². The zero-order valence-electron chi connectivity index (χ0n) is 24.1. The zero-order valence-corrected chi connectivity index (χ0v) is 24.1. The highest BCUT2D eigenvalue weighted by atomic mass is 16.5. The van der Waals surface area contributed by atoms with E-state index in [4.69, 9.17) is 4.52 Å². The van der Waals surface area contributed by atoms with Crippen LogP contribution in [0.25, 0.3) is 11.1 Å². The van der Waals surface area contributed by atoms with Crippen LogP contribution in [0.1, 0.15) is 82.5 Å². The molecular weight excluding hydrogens is 490 g/mol. The summed E-state index contributed by atoms with van der Waals surface area (Å²) in [7, 11) is 0. The standard InChI is InChI=1S/C32H41N3O4/c1-19(2)29(27-17-28(34-39-27)32(5,6)7)31(38)35-18-24(36)16-26(35)30(37)33-21(4)22-12-14-23(15-13-22)25-11-9-8-10-20(25)3/h8-15,17,19,21,24,26,29,36H,16,18H2,1-7H3,(H,33,37)/t21-,24+,26-,29+/m0/s1. The summed E-state index contributed by atoms with van der Waals surface area (Å²) in [5.41, 5.74) is 5.02. The molecule has 2 aromatic carbocycles. The highest BCUT2D eigenvalue weighted by Gasteiger charge is 2.43. The summed E-state index contributed by atoms with van der Waals surface area (Å²) < 4.78 is 5.63. The minimum Gasteiger partial charge on any atom is -0.391 e. The van der Waals surface area contributed by atoms with Gasteiger partial charge in [0.15, 0.2) is 0 Å². The Labute approximate surface area is 231 Å². The summed E-state index contributed by atoms with van der Waals surface area (Å²) in [5, 5.41) is 17.7. The van der Waals surface area contributed by atoms with Gasteiger partial charge in [-0.25, -0.2) is 0 Å². The Morgan fingerprint density at radius 3 is 2.33 bits per heavy atom. The van der Waals surface area contributed by atoms with Crippen LogP contribution in [0, 0.1) is 12.8 Å². The van der Waals surface area contributed by atoms with Gasteiger partial charge in [-0.05, 0) is 42.0 Å². The molecule has 1 aliphatic heterocycles. The number of hydrogen-bond donors (Lipinski definition) is 2. The molecule has 4 rings (SSSR count). The van der Waals surface area contributed by atoms with Crippen molar-refractivity contribution in [3.63, 3.8) is 0 Å². The third-order valence-corrected chi connectivity index (χ3v) is 7.63. The SMILES string of the molecule is Cc1ccccc1-c1ccc([C@H](C)NC(=O)[C@@H]2C[C@@H](O)CN2C(=O)[C@@H](c2cc(C(C)(C)C)no2)C(C)C)cc1. The number of aliphatic hydroxyl groups is 1. The Balaban J connectivity index is 1.49. The van der Waals surface area contributed by atoms with Crippen molar-refractivity contribution >= 4 is 11.8 Å². The van der Waals surface area contributed by atoms with Crippen molar-refractivity contribution in [1.82, 2.24) is 15.4 Å². The molecule has 0 bridgehead atoms. The minimum atomic E-state index is -0.763. The third-order valence-electron chi connectivity index (χ3n) is 7.63. The van der Waals surface area contributed by atoms with Gasteiger partial charge >= 0.3 is 0 Å². The van der Waals surface area contributed by atoms with Gasteiger partial charge in [-0.15, -0.1) is 0 Å². The van der Waals surface area contributed by atoms with Crippen LogP contribution in [0.2, 0.25) is 0 Å². The molecule has 0 aliphatic carbocycles. The molecule has 7 heteroatoms. The number of nitrogens with zero attached hydrogens (tertiary/aromatic N) is 2. The van der Waals surface area contributed by atoms with Crippen molar-refractivity contribution in [3.05, 3.63) is 77.2 Å². The van der Waals surface area contributed by atoms with Crippen LogP contribution < -0.4 is 5.32 Å². The molecular formula is C32H41N3O4. The molecule has 1 saturated heterocycles. The predicted octanol–water partition coefficient (Wildman–Crippen LogP) is 5.53. The van der Waals surface area contributed by atoms with E-state index in [9.17, 15) is 14.7 Å². The van der Waals surface area contributed by atoms with Gasteiger partial charge in [0, 0.05) is 24.4 Å². The Bertz CT molecular complexity index is 1310. The van der Waals surface area contributed by atoms with Crippen molar-refractivity contribution < 1.29 is 19.2 Å². The van der Waals surface area contributed by atoms with Gasteiger partial charge in [-0.1, -0.05) is 88.3 Å². The highest BCUT2D eigenvalue weighted by Crippen LogP contribution is 2.33. The number of rotatable bonds is 7. The molecule has 0 radical (unpaired) electrons. The van der Waals surface area contributed by atoms with Gasteiger partial charge in [0.05, 0.1) is 17.8 Å². The van der Waals surface area contributed by atoms with Crippen LogP contribution in [-0.4, -0.2) is 45.7 Å². The lowest BCUT2D eigenvalue weighted by Gasteiger charge is -2.29. The number of carbonyl (C=O) groups is 2. The van der Waals surface area contributed by atoms with Crippen LogP contribution in [0.3, 0.4) is 0 Å². The van der Waals surface area contributed by atoms with E-state index in [0.717, 1.165) is 16.8 Å². The average molecular weight is 532 g/mol. The molecule has 2 amide bonds. The number of aryl methyl sites for hydroxylation is 1. The maximum atomic E-state index is 13.8. The van der Waals surface area contributed by atoms with Gasteiger partial charge in [0.2, 0.25) is 11.8 Å². The number of nitrogens with one attached hydrogen (secondary N) is 1. The van der Waals surface area contributed by atoms with Gasteiger partial charge < -0.3 is 19.8 Å². The number of amides is 2. The van der Waals surface area contributed by atoms with Crippen molar-refractivity contribution in [1.29, 1.82) is 0 Å². The first-order valence-corrected chi connectivity index (χ1v) is 13.8. The van der Waals surface area contributed by atoms with Crippen LogP contribution in [0.4, 0.5) is 0 Å². The molecule has 7 nitrogen and oxygen atoms in total. The van der Waals surface area contributed by atoms with Crippen molar-refractivity contribution in [2.45, 2.75) is 84.4 Å².